The predicted octanol–water partition coefficient (Wildman–Crippen LogP) is 4.55. The van der Waals surface area contributed by atoms with Crippen LogP contribution in [-0.2, 0) is 0 Å². The molecule has 1 N–H and O–H groups in total. The first-order valence-corrected chi connectivity index (χ1v) is 6.08. The van der Waals surface area contributed by atoms with Crippen LogP contribution in [0.15, 0.2) is 24.4 Å². The van der Waals surface area contributed by atoms with Crippen molar-refractivity contribution < 1.29 is 14.3 Å². The zero-order valence-electron chi connectivity index (χ0n) is 9.12. The number of carbonyl (C=O) groups is 1. The Morgan fingerprint density at radius 1 is 1.16 bits per heavy atom. The molecule has 3 nitrogen and oxygen atoms in total. The second-order valence-electron chi connectivity index (χ2n) is 3.57. The van der Waals surface area contributed by atoms with E-state index in [9.17, 15) is 9.18 Å². The summed E-state index contributed by atoms with van der Waals surface area (Å²) in [7, 11) is 0. The van der Waals surface area contributed by atoms with E-state index in [4.69, 9.17) is 39.9 Å². The highest BCUT2D eigenvalue weighted by Crippen LogP contribution is 2.39. The highest BCUT2D eigenvalue weighted by atomic mass is 35.5. The van der Waals surface area contributed by atoms with E-state index in [1.165, 1.54) is 18.2 Å². The Hall–Kier alpha value is -1.36. The van der Waals surface area contributed by atoms with E-state index < -0.39 is 11.9 Å². The van der Waals surface area contributed by atoms with Crippen molar-refractivity contribution in [1.82, 2.24) is 4.98 Å². The lowest BCUT2D eigenvalue weighted by Gasteiger charge is -2.11. The molecule has 0 bridgehead atoms. The van der Waals surface area contributed by atoms with Crippen molar-refractivity contribution in [3.8, 4) is 11.1 Å². The van der Waals surface area contributed by atoms with Crippen LogP contribution in [0.3, 0.4) is 0 Å². The number of hydrogen-bond acceptors (Lipinski definition) is 2. The fourth-order valence-corrected chi connectivity index (χ4v) is 2.64. The molecule has 2 aromatic rings. The van der Waals surface area contributed by atoms with Crippen LogP contribution >= 0.6 is 34.8 Å². The summed E-state index contributed by atoms with van der Waals surface area (Å²) in [6.45, 7) is 0. The average Bonchev–Trinajstić information content (AvgIpc) is 2.29. The van der Waals surface area contributed by atoms with E-state index in [1.54, 1.807) is 0 Å². The van der Waals surface area contributed by atoms with Gasteiger partial charge in [0, 0.05) is 16.8 Å². The van der Waals surface area contributed by atoms with E-state index in [2.05, 4.69) is 4.98 Å². The summed E-state index contributed by atoms with van der Waals surface area (Å²) in [6, 6.07) is 3.87. The molecule has 1 heterocycles. The number of rotatable bonds is 2. The molecule has 0 atom stereocenters. The molecular weight excluding hydrogens is 315 g/mol. The van der Waals surface area contributed by atoms with Crippen LogP contribution in [0.25, 0.3) is 11.1 Å². The normalized spacial score (nSPS) is 10.5. The van der Waals surface area contributed by atoms with Crippen LogP contribution in [-0.4, -0.2) is 16.1 Å². The lowest BCUT2D eigenvalue weighted by Crippen LogP contribution is -2.04. The predicted molar refractivity (Wildman–Crippen MR) is 71.6 cm³/mol. The summed E-state index contributed by atoms with van der Waals surface area (Å²) < 4.78 is 13.8. The van der Waals surface area contributed by atoms with Crippen molar-refractivity contribution in [2.75, 3.05) is 0 Å². The van der Waals surface area contributed by atoms with Crippen LogP contribution in [0, 0.1) is 5.95 Å². The van der Waals surface area contributed by atoms with Crippen molar-refractivity contribution >= 4 is 40.8 Å². The maximum Gasteiger partial charge on any atom is 0.336 e. The minimum atomic E-state index is -1.31. The first-order chi connectivity index (χ1) is 8.91. The molecular formula is C12H5Cl3FNO2. The fraction of sp³-hybridized carbons (Fsp3) is 0. The van der Waals surface area contributed by atoms with E-state index >= 15 is 0 Å². The van der Waals surface area contributed by atoms with Gasteiger partial charge in [0.05, 0.1) is 21.2 Å². The molecule has 19 heavy (non-hydrogen) atoms. The van der Waals surface area contributed by atoms with Gasteiger partial charge in [0.1, 0.15) is 0 Å². The van der Waals surface area contributed by atoms with Gasteiger partial charge in [0.2, 0.25) is 5.95 Å². The molecule has 0 aliphatic rings. The van der Waals surface area contributed by atoms with E-state index in [-0.39, 0.29) is 31.8 Å². The Kier molecular flexibility index (Phi) is 3.94. The van der Waals surface area contributed by atoms with Crippen LogP contribution in [0.4, 0.5) is 4.39 Å². The molecule has 0 amide bonds. The lowest BCUT2D eigenvalue weighted by atomic mass is 10.0. The Morgan fingerprint density at radius 3 is 2.26 bits per heavy atom. The molecule has 0 aliphatic heterocycles. The quantitative estimate of drug-likeness (QED) is 0.826. The first kappa shape index (κ1) is 14.1. The number of carboxylic acid groups (broad SMARTS) is 1. The Labute approximate surface area is 122 Å². The average molecular weight is 321 g/mol. The summed E-state index contributed by atoms with van der Waals surface area (Å²) in [5, 5.41) is 9.44. The number of hydrogen-bond donors (Lipinski definition) is 1. The molecule has 0 saturated heterocycles. The van der Waals surface area contributed by atoms with Gasteiger partial charge >= 0.3 is 5.97 Å². The Bertz CT molecular complexity index is 653. The zero-order valence-corrected chi connectivity index (χ0v) is 11.4. The third-order valence-electron chi connectivity index (χ3n) is 2.39. The lowest BCUT2D eigenvalue weighted by molar-refractivity contribution is 0.0697. The SMILES string of the molecule is O=C(O)c1ccnc(F)c1-c1c(Cl)cc(Cl)cc1Cl. The highest BCUT2D eigenvalue weighted by Gasteiger charge is 2.22. The topological polar surface area (TPSA) is 50.2 Å². The van der Waals surface area contributed by atoms with Gasteiger partial charge < -0.3 is 5.11 Å². The number of nitrogens with zero attached hydrogens (tertiary/aromatic N) is 1. The minimum absolute atomic E-state index is 0.0481. The summed E-state index contributed by atoms with van der Waals surface area (Å²) >= 11 is 17.7. The van der Waals surface area contributed by atoms with Gasteiger partial charge in [0.25, 0.3) is 0 Å². The first-order valence-electron chi connectivity index (χ1n) is 4.94. The Balaban J connectivity index is 2.83. The molecule has 1 aromatic carbocycles. The van der Waals surface area contributed by atoms with Crippen molar-refractivity contribution in [3.05, 3.63) is 51.0 Å². The van der Waals surface area contributed by atoms with Crippen molar-refractivity contribution in [2.45, 2.75) is 0 Å². The number of halogens is 4. The third-order valence-corrected chi connectivity index (χ3v) is 3.21. The Morgan fingerprint density at radius 2 is 1.74 bits per heavy atom. The van der Waals surface area contributed by atoms with Gasteiger partial charge in [-0.25, -0.2) is 9.78 Å². The van der Waals surface area contributed by atoms with Gasteiger partial charge in [-0.1, -0.05) is 34.8 Å². The molecule has 0 spiro atoms. The standard InChI is InChI=1S/C12H5Cl3FNO2/c13-5-3-7(14)10(8(15)4-5)9-6(12(18)19)1-2-17-11(9)16/h1-4H,(H,18,19). The summed E-state index contributed by atoms with van der Waals surface area (Å²) in [5.74, 6) is -2.27. The van der Waals surface area contributed by atoms with Gasteiger partial charge in [-0.2, -0.15) is 4.39 Å². The number of pyridine rings is 1. The number of carboxylic acids is 1. The smallest absolute Gasteiger partial charge is 0.336 e. The van der Waals surface area contributed by atoms with Crippen molar-refractivity contribution in [1.29, 1.82) is 0 Å². The van der Waals surface area contributed by atoms with E-state index in [1.807, 2.05) is 0 Å². The van der Waals surface area contributed by atoms with E-state index in [0.717, 1.165) is 6.20 Å². The number of aromatic nitrogens is 1. The third kappa shape index (κ3) is 2.66. The van der Waals surface area contributed by atoms with Gasteiger partial charge in [-0.05, 0) is 18.2 Å². The highest BCUT2D eigenvalue weighted by molar-refractivity contribution is 6.42. The summed E-state index contributed by atoms with van der Waals surface area (Å²) in [6.07, 6.45) is 1.06. The van der Waals surface area contributed by atoms with Crippen molar-refractivity contribution in [3.63, 3.8) is 0 Å². The molecule has 0 unspecified atom stereocenters. The summed E-state index contributed by atoms with van der Waals surface area (Å²) in [5.41, 5.74) is -0.490. The van der Waals surface area contributed by atoms with Gasteiger partial charge in [-0.15, -0.1) is 0 Å². The second kappa shape index (κ2) is 5.33. The maximum atomic E-state index is 13.8. The number of aromatic carboxylic acids is 1. The molecule has 0 aliphatic carbocycles. The molecule has 0 saturated carbocycles. The van der Waals surface area contributed by atoms with E-state index in [0.29, 0.717) is 0 Å². The molecule has 2 rings (SSSR count). The molecule has 7 heteroatoms. The number of benzene rings is 1. The molecule has 0 fully saturated rings. The second-order valence-corrected chi connectivity index (χ2v) is 4.82. The van der Waals surface area contributed by atoms with Crippen LogP contribution in [0.5, 0.6) is 0 Å². The maximum absolute atomic E-state index is 13.8. The summed E-state index contributed by atoms with van der Waals surface area (Å²) in [4.78, 5) is 14.6. The molecule has 0 radical (unpaired) electrons. The zero-order chi connectivity index (χ0) is 14.2. The van der Waals surface area contributed by atoms with Crippen molar-refractivity contribution in [2.24, 2.45) is 0 Å². The minimum Gasteiger partial charge on any atom is -0.478 e. The molecule has 98 valence electrons. The monoisotopic (exact) mass is 319 g/mol. The van der Waals surface area contributed by atoms with Gasteiger partial charge in [0.15, 0.2) is 0 Å². The van der Waals surface area contributed by atoms with Crippen LogP contribution < -0.4 is 0 Å². The molecule has 1 aromatic heterocycles. The largest absolute Gasteiger partial charge is 0.478 e. The fourth-order valence-electron chi connectivity index (χ4n) is 1.63. The van der Waals surface area contributed by atoms with Gasteiger partial charge in [-0.3, -0.25) is 0 Å². The van der Waals surface area contributed by atoms with Crippen LogP contribution in [0.2, 0.25) is 15.1 Å². The van der Waals surface area contributed by atoms with Crippen LogP contribution in [0.1, 0.15) is 10.4 Å².